The van der Waals surface area contributed by atoms with E-state index in [1.54, 1.807) is 29.0 Å². The van der Waals surface area contributed by atoms with E-state index in [1.165, 1.54) is 10.6 Å². The summed E-state index contributed by atoms with van der Waals surface area (Å²) in [6.45, 7) is 2.21. The number of halogens is 2. The van der Waals surface area contributed by atoms with E-state index in [9.17, 15) is 23.9 Å². The van der Waals surface area contributed by atoms with Crippen LogP contribution in [0, 0.1) is 17.6 Å². The molecule has 0 radical (unpaired) electrons. The minimum absolute atomic E-state index is 0.0315. The molecule has 3 atom stereocenters. The van der Waals surface area contributed by atoms with Crippen molar-refractivity contribution < 1.29 is 28.2 Å². The van der Waals surface area contributed by atoms with E-state index in [2.05, 4.69) is 0 Å². The normalized spacial score (nSPS) is 25.4. The van der Waals surface area contributed by atoms with Gasteiger partial charge in [-0.3, -0.25) is 24.0 Å². The molecule has 0 spiro atoms. The van der Waals surface area contributed by atoms with Crippen molar-refractivity contribution in [1.82, 2.24) is 19.5 Å². The van der Waals surface area contributed by atoms with E-state index in [-0.39, 0.29) is 49.0 Å². The molecule has 2 fully saturated rings. The lowest BCUT2D eigenvalue weighted by atomic mass is 9.91. The molecule has 4 aliphatic rings. The van der Waals surface area contributed by atoms with Crippen molar-refractivity contribution in [1.29, 1.82) is 0 Å². The average molecular weight is 541 g/mol. The third kappa shape index (κ3) is 3.04. The number of hydrogen-bond donors (Lipinski definition) is 1. The number of allylic oxidation sites excluding steroid dienone is 1. The summed E-state index contributed by atoms with van der Waals surface area (Å²) in [6.07, 6.45) is -0.661. The summed E-state index contributed by atoms with van der Waals surface area (Å²) in [7, 11) is 0. The molecule has 4 aliphatic heterocycles. The number of Topliss-reactive ketones (excluding diaryl/α,β-unsaturated/α-hetero) is 1. The van der Waals surface area contributed by atoms with E-state index in [1.807, 2.05) is 11.1 Å². The van der Waals surface area contributed by atoms with E-state index < -0.39 is 47.2 Å². The molecule has 12 heteroatoms. The minimum atomic E-state index is -1.04. The van der Waals surface area contributed by atoms with Crippen LogP contribution in [0.15, 0.2) is 46.6 Å². The number of aliphatic hydroxyl groups excluding tert-OH is 1. The van der Waals surface area contributed by atoms with Gasteiger partial charge in [0.25, 0.3) is 5.91 Å². The second kappa shape index (κ2) is 8.19. The maximum Gasteiger partial charge on any atom is 0.308 e. The van der Waals surface area contributed by atoms with Gasteiger partial charge in [0.05, 0.1) is 36.0 Å². The topological polar surface area (TPSA) is 95.3 Å². The molecule has 38 heavy (non-hydrogen) atoms. The standard InChI is InChI=1S/C26H22F2N4O5S/c1-12-9-31-22(24(34)23(12)33)25(35)29-7-8-37-11-18(29)32(31)20-13-5-6-16(27)19(28)15(13)10-30-21-14(20)3-2-4-17(21)38-26(30)36/h2-6,12,18,20,34H,7-11H2,1H3/t12?,18-,20-/m1/s1. The van der Waals surface area contributed by atoms with Crippen LogP contribution in [-0.4, -0.2) is 68.8 Å². The van der Waals surface area contributed by atoms with Crippen LogP contribution in [0.5, 0.6) is 0 Å². The summed E-state index contributed by atoms with van der Waals surface area (Å²) in [4.78, 5) is 40.6. The fourth-order valence-electron chi connectivity index (χ4n) is 6.13. The van der Waals surface area contributed by atoms with Crippen molar-refractivity contribution in [2.24, 2.45) is 5.92 Å². The number of para-hydroxylation sites is 1. The molecule has 1 N–H and O–H groups in total. The van der Waals surface area contributed by atoms with Gasteiger partial charge in [-0.25, -0.2) is 8.78 Å². The molecule has 1 amide bonds. The number of ketones is 1. The first-order valence-electron chi connectivity index (χ1n) is 12.3. The van der Waals surface area contributed by atoms with Gasteiger partial charge in [-0.15, -0.1) is 0 Å². The van der Waals surface area contributed by atoms with Crippen molar-refractivity contribution in [3.8, 4) is 0 Å². The Hall–Kier alpha value is -3.61. The van der Waals surface area contributed by atoms with Gasteiger partial charge in [-0.2, -0.15) is 5.01 Å². The molecule has 1 unspecified atom stereocenters. The van der Waals surface area contributed by atoms with Gasteiger partial charge in [-0.1, -0.05) is 36.5 Å². The molecule has 1 aromatic heterocycles. The summed E-state index contributed by atoms with van der Waals surface area (Å²) in [5.41, 5.74) is 1.57. The number of fused-ring (bicyclic) bond motifs is 3. The number of carbonyl (C=O) groups is 2. The van der Waals surface area contributed by atoms with Gasteiger partial charge in [-0.05, 0) is 17.7 Å². The van der Waals surface area contributed by atoms with Crippen LogP contribution in [0.4, 0.5) is 8.78 Å². The first-order chi connectivity index (χ1) is 18.3. The Morgan fingerprint density at radius 3 is 2.74 bits per heavy atom. The summed E-state index contributed by atoms with van der Waals surface area (Å²) >= 11 is 1.02. The third-order valence-corrected chi connectivity index (χ3v) is 8.83. The maximum absolute atomic E-state index is 15.4. The minimum Gasteiger partial charge on any atom is -0.503 e. The Balaban J connectivity index is 1.56. The Bertz CT molecular complexity index is 1650. The first-order valence-corrected chi connectivity index (χ1v) is 13.1. The fraction of sp³-hybridized carbons (Fsp3) is 0.346. The van der Waals surface area contributed by atoms with Gasteiger partial charge >= 0.3 is 4.87 Å². The van der Waals surface area contributed by atoms with Crippen molar-refractivity contribution in [2.45, 2.75) is 25.7 Å². The molecule has 7 rings (SSSR count). The second-order valence-electron chi connectivity index (χ2n) is 9.96. The van der Waals surface area contributed by atoms with Crippen molar-refractivity contribution in [3.63, 3.8) is 0 Å². The molecule has 9 nitrogen and oxygen atoms in total. The lowest BCUT2D eigenvalue weighted by molar-refractivity contribution is -0.204. The van der Waals surface area contributed by atoms with E-state index in [0.717, 1.165) is 17.4 Å². The number of rotatable bonds is 1. The van der Waals surface area contributed by atoms with Crippen molar-refractivity contribution in [2.75, 3.05) is 26.3 Å². The zero-order valence-electron chi connectivity index (χ0n) is 20.2. The third-order valence-electron chi connectivity index (χ3n) is 7.88. The first kappa shape index (κ1) is 23.5. The lowest BCUT2D eigenvalue weighted by Gasteiger charge is -2.56. The molecular formula is C26H22F2N4O5S. The zero-order valence-corrected chi connectivity index (χ0v) is 21.0. The average Bonchev–Trinajstić information content (AvgIpc) is 3.14. The SMILES string of the molecule is CC1CN2C(=C(O)C1=O)C(=O)N1CCOC[C@H]1N2[C@@H]1c2ccc(F)c(F)c2Cn2c(=O)sc3cccc1c32. The van der Waals surface area contributed by atoms with Crippen LogP contribution in [0.3, 0.4) is 0 Å². The van der Waals surface area contributed by atoms with Gasteiger partial charge in [0, 0.05) is 30.1 Å². The number of hydrazine groups is 1. The molecule has 3 aromatic rings. The summed E-state index contributed by atoms with van der Waals surface area (Å²) in [5, 5.41) is 14.3. The van der Waals surface area contributed by atoms with E-state index >= 15 is 4.39 Å². The highest BCUT2D eigenvalue weighted by Gasteiger charge is 2.52. The maximum atomic E-state index is 15.4. The Morgan fingerprint density at radius 1 is 1.11 bits per heavy atom. The van der Waals surface area contributed by atoms with Crippen LogP contribution >= 0.6 is 11.3 Å². The van der Waals surface area contributed by atoms with Gasteiger partial charge in [0.15, 0.2) is 23.1 Å². The number of aliphatic hydroxyl groups is 1. The number of thiazole rings is 1. The molecular weight excluding hydrogens is 518 g/mol. The predicted molar refractivity (Wildman–Crippen MR) is 132 cm³/mol. The number of aromatic nitrogens is 1. The molecule has 0 aliphatic carbocycles. The summed E-state index contributed by atoms with van der Waals surface area (Å²) < 4.78 is 37.9. The predicted octanol–water partition coefficient (Wildman–Crippen LogP) is 2.50. The smallest absolute Gasteiger partial charge is 0.308 e. The van der Waals surface area contributed by atoms with Gasteiger partial charge < -0.3 is 14.7 Å². The largest absolute Gasteiger partial charge is 0.503 e. The number of morpholine rings is 1. The highest BCUT2D eigenvalue weighted by molar-refractivity contribution is 7.16. The quantitative estimate of drug-likeness (QED) is 0.507. The van der Waals surface area contributed by atoms with Crippen LogP contribution in [0.2, 0.25) is 0 Å². The molecule has 196 valence electrons. The second-order valence-corrected chi connectivity index (χ2v) is 11.0. The highest BCUT2D eigenvalue weighted by Crippen LogP contribution is 2.45. The number of nitrogens with zero attached hydrogens (tertiary/aromatic N) is 4. The summed E-state index contributed by atoms with van der Waals surface area (Å²) in [5.74, 6) is -4.34. The Labute approximate surface area is 218 Å². The Morgan fingerprint density at radius 2 is 1.92 bits per heavy atom. The van der Waals surface area contributed by atoms with Crippen LogP contribution in [-0.2, 0) is 20.9 Å². The fourth-order valence-corrected chi connectivity index (χ4v) is 7.06. The number of hydrogen-bond acceptors (Lipinski definition) is 8. The Kier molecular flexibility index (Phi) is 5.07. The molecule has 5 heterocycles. The van der Waals surface area contributed by atoms with Gasteiger partial charge in [0.1, 0.15) is 6.17 Å². The van der Waals surface area contributed by atoms with E-state index in [0.29, 0.717) is 21.3 Å². The molecule has 0 saturated carbocycles. The molecule has 0 bridgehead atoms. The van der Waals surface area contributed by atoms with Gasteiger partial charge in [0.2, 0.25) is 5.78 Å². The summed E-state index contributed by atoms with van der Waals surface area (Å²) in [6, 6.07) is 7.21. The highest BCUT2D eigenvalue weighted by atomic mass is 32.1. The zero-order chi connectivity index (χ0) is 26.5. The number of carbonyl (C=O) groups excluding carboxylic acids is 2. The van der Waals surface area contributed by atoms with Crippen LogP contribution in [0.25, 0.3) is 10.2 Å². The lowest BCUT2D eigenvalue weighted by Crippen LogP contribution is -2.70. The molecule has 2 saturated heterocycles. The number of amides is 1. The van der Waals surface area contributed by atoms with Crippen molar-refractivity contribution >= 4 is 33.2 Å². The number of benzene rings is 2. The van der Waals surface area contributed by atoms with Crippen LogP contribution < -0.4 is 4.87 Å². The molecule has 2 aromatic carbocycles. The van der Waals surface area contributed by atoms with E-state index in [4.69, 9.17) is 4.74 Å². The van der Waals surface area contributed by atoms with Crippen molar-refractivity contribution in [3.05, 3.63) is 79.8 Å². The monoisotopic (exact) mass is 540 g/mol. The number of ether oxygens (including phenoxy) is 1. The van der Waals surface area contributed by atoms with Crippen LogP contribution in [0.1, 0.15) is 29.7 Å².